The maximum atomic E-state index is 12.4. The van der Waals surface area contributed by atoms with Gasteiger partial charge in [0.2, 0.25) is 0 Å². The molecule has 2 saturated heterocycles. The number of benzene rings is 1. The molecule has 1 aromatic carbocycles. The van der Waals surface area contributed by atoms with Gasteiger partial charge < -0.3 is 24.5 Å². The van der Waals surface area contributed by atoms with Crippen LogP contribution in [0.3, 0.4) is 0 Å². The zero-order chi connectivity index (χ0) is 16.4. The van der Waals surface area contributed by atoms with E-state index in [1.807, 2.05) is 30.3 Å². The highest BCUT2D eigenvalue weighted by molar-refractivity contribution is 5.76. The maximum Gasteiger partial charge on any atom is 0.407 e. The van der Waals surface area contributed by atoms with Crippen molar-refractivity contribution in [3.8, 4) is 5.75 Å². The van der Waals surface area contributed by atoms with Crippen LogP contribution in [0.25, 0.3) is 0 Å². The number of rotatable bonds is 3. The first kappa shape index (κ1) is 15.5. The first-order valence-corrected chi connectivity index (χ1v) is 7.76. The van der Waals surface area contributed by atoms with Crippen molar-refractivity contribution in [1.82, 2.24) is 14.7 Å². The fraction of sp³-hybridized carbons (Fsp3) is 0.500. The van der Waals surface area contributed by atoms with Crippen LogP contribution in [0, 0.1) is 0 Å². The minimum absolute atomic E-state index is 0.0221. The Kier molecular flexibility index (Phi) is 4.27. The van der Waals surface area contributed by atoms with Gasteiger partial charge in [-0.25, -0.2) is 9.59 Å². The molecule has 0 spiro atoms. The second-order valence-corrected chi connectivity index (χ2v) is 6.02. The van der Waals surface area contributed by atoms with E-state index in [4.69, 9.17) is 9.84 Å². The molecule has 0 bridgehead atoms. The van der Waals surface area contributed by atoms with Gasteiger partial charge >= 0.3 is 12.1 Å². The largest absolute Gasteiger partial charge is 0.487 e. The lowest BCUT2D eigenvalue weighted by molar-refractivity contribution is 0.0296. The molecule has 0 aliphatic carbocycles. The van der Waals surface area contributed by atoms with E-state index in [1.165, 1.54) is 4.90 Å². The molecule has 7 heteroatoms. The Balaban J connectivity index is 1.46. The number of amides is 3. The zero-order valence-electron chi connectivity index (χ0n) is 13.1. The third-order valence-corrected chi connectivity index (χ3v) is 4.45. The summed E-state index contributed by atoms with van der Waals surface area (Å²) in [6.45, 7) is 1.99. The fourth-order valence-electron chi connectivity index (χ4n) is 2.97. The van der Waals surface area contributed by atoms with Crippen molar-refractivity contribution >= 4 is 12.1 Å². The van der Waals surface area contributed by atoms with Crippen LogP contribution >= 0.6 is 0 Å². The Morgan fingerprint density at radius 1 is 1.17 bits per heavy atom. The Morgan fingerprint density at radius 2 is 1.87 bits per heavy atom. The second-order valence-electron chi connectivity index (χ2n) is 6.02. The molecule has 2 heterocycles. The third kappa shape index (κ3) is 3.33. The summed E-state index contributed by atoms with van der Waals surface area (Å²) in [5.41, 5.74) is 0. The van der Waals surface area contributed by atoms with Crippen molar-refractivity contribution in [1.29, 1.82) is 0 Å². The summed E-state index contributed by atoms with van der Waals surface area (Å²) < 4.78 is 5.79. The monoisotopic (exact) mass is 319 g/mol. The molecule has 124 valence electrons. The molecular formula is C16H21N3O4. The molecule has 0 aromatic heterocycles. The van der Waals surface area contributed by atoms with Gasteiger partial charge in [-0.2, -0.15) is 0 Å². The third-order valence-electron chi connectivity index (χ3n) is 4.45. The van der Waals surface area contributed by atoms with Gasteiger partial charge in [0.05, 0.1) is 19.1 Å². The van der Waals surface area contributed by atoms with Crippen LogP contribution in [-0.4, -0.2) is 77.3 Å². The Bertz CT molecular complexity index is 574. The number of likely N-dealkylation sites (tertiary alicyclic amines) is 2. The molecule has 3 rings (SSSR count). The minimum atomic E-state index is -0.923. The van der Waals surface area contributed by atoms with E-state index in [-0.39, 0.29) is 18.2 Å². The lowest BCUT2D eigenvalue weighted by Crippen LogP contribution is -2.60. The van der Waals surface area contributed by atoms with E-state index in [0.717, 1.165) is 5.75 Å². The smallest absolute Gasteiger partial charge is 0.407 e. The van der Waals surface area contributed by atoms with Crippen LogP contribution in [0.1, 0.15) is 6.42 Å². The Hall–Kier alpha value is -2.44. The summed E-state index contributed by atoms with van der Waals surface area (Å²) in [4.78, 5) is 28.1. The van der Waals surface area contributed by atoms with Crippen molar-refractivity contribution in [3.05, 3.63) is 30.3 Å². The molecule has 1 atom stereocenters. The van der Waals surface area contributed by atoms with E-state index >= 15 is 0 Å². The quantitative estimate of drug-likeness (QED) is 0.917. The fourth-order valence-corrected chi connectivity index (χ4v) is 2.97. The number of carboxylic acid groups (broad SMARTS) is 1. The summed E-state index contributed by atoms with van der Waals surface area (Å²) in [5, 5.41) is 8.99. The van der Waals surface area contributed by atoms with Crippen LogP contribution in [0.4, 0.5) is 9.59 Å². The molecule has 0 saturated carbocycles. The number of hydrogen-bond acceptors (Lipinski definition) is 3. The number of likely N-dealkylation sites (N-methyl/N-ethyl adjacent to an activating group) is 1. The Labute approximate surface area is 135 Å². The van der Waals surface area contributed by atoms with Crippen LogP contribution in [0.5, 0.6) is 5.75 Å². The van der Waals surface area contributed by atoms with E-state index in [1.54, 1.807) is 16.8 Å². The normalized spacial score (nSPS) is 21.0. The van der Waals surface area contributed by atoms with Gasteiger partial charge in [0, 0.05) is 20.1 Å². The van der Waals surface area contributed by atoms with E-state index < -0.39 is 6.09 Å². The molecule has 0 unspecified atom stereocenters. The molecular weight excluding hydrogens is 298 g/mol. The van der Waals surface area contributed by atoms with Crippen molar-refractivity contribution in [2.24, 2.45) is 0 Å². The van der Waals surface area contributed by atoms with Crippen molar-refractivity contribution < 1.29 is 19.4 Å². The first-order chi connectivity index (χ1) is 11.0. The number of para-hydroxylation sites is 1. The number of nitrogens with zero attached hydrogens (tertiary/aromatic N) is 3. The molecule has 7 nitrogen and oxygen atoms in total. The molecule has 2 aliphatic heterocycles. The number of hydrogen-bond donors (Lipinski definition) is 1. The summed E-state index contributed by atoms with van der Waals surface area (Å²) in [7, 11) is 1.74. The molecule has 2 fully saturated rings. The highest BCUT2D eigenvalue weighted by Crippen LogP contribution is 2.21. The molecule has 1 N–H and O–H groups in total. The summed E-state index contributed by atoms with van der Waals surface area (Å²) in [6, 6.07) is 9.45. The van der Waals surface area contributed by atoms with Gasteiger partial charge in [-0.3, -0.25) is 0 Å². The SMILES string of the molecule is CN(C(=O)N1CC(Oc2ccccc2)C1)[C@@H]1CCN(C(=O)O)C1. The van der Waals surface area contributed by atoms with Crippen molar-refractivity contribution in [2.45, 2.75) is 18.6 Å². The van der Waals surface area contributed by atoms with Crippen LogP contribution in [0.15, 0.2) is 30.3 Å². The lowest BCUT2D eigenvalue weighted by Gasteiger charge is -2.41. The van der Waals surface area contributed by atoms with Crippen LogP contribution < -0.4 is 4.74 Å². The number of carbonyl (C=O) groups excluding carboxylic acids is 1. The highest BCUT2D eigenvalue weighted by atomic mass is 16.5. The predicted molar refractivity (Wildman–Crippen MR) is 83.6 cm³/mol. The van der Waals surface area contributed by atoms with E-state index in [2.05, 4.69) is 0 Å². The average molecular weight is 319 g/mol. The number of carbonyl (C=O) groups is 2. The van der Waals surface area contributed by atoms with Crippen molar-refractivity contribution in [2.75, 3.05) is 33.2 Å². The predicted octanol–water partition coefficient (Wildman–Crippen LogP) is 1.55. The van der Waals surface area contributed by atoms with Crippen LogP contribution in [-0.2, 0) is 0 Å². The zero-order valence-corrected chi connectivity index (χ0v) is 13.1. The number of ether oxygens (including phenoxy) is 1. The van der Waals surface area contributed by atoms with Gasteiger partial charge in [-0.05, 0) is 18.6 Å². The lowest BCUT2D eigenvalue weighted by atomic mass is 10.1. The Morgan fingerprint density at radius 3 is 2.48 bits per heavy atom. The summed E-state index contributed by atoms with van der Waals surface area (Å²) in [6.07, 6.45) is -0.214. The van der Waals surface area contributed by atoms with Crippen molar-refractivity contribution in [3.63, 3.8) is 0 Å². The van der Waals surface area contributed by atoms with Crippen LogP contribution in [0.2, 0.25) is 0 Å². The topological polar surface area (TPSA) is 73.3 Å². The first-order valence-electron chi connectivity index (χ1n) is 7.76. The molecule has 2 aliphatic rings. The summed E-state index contributed by atoms with van der Waals surface area (Å²) in [5.74, 6) is 0.811. The molecule has 1 aromatic rings. The standard InChI is InChI=1S/C16H21N3O4/c1-17(12-7-8-18(9-12)16(21)22)15(20)19-10-14(11-19)23-13-5-3-2-4-6-13/h2-6,12,14H,7-11H2,1H3,(H,21,22)/t12-/m1/s1. The van der Waals surface area contributed by atoms with Gasteiger partial charge in [0.15, 0.2) is 0 Å². The highest BCUT2D eigenvalue weighted by Gasteiger charge is 2.38. The van der Waals surface area contributed by atoms with E-state index in [0.29, 0.717) is 32.6 Å². The van der Waals surface area contributed by atoms with Gasteiger partial charge in [-0.15, -0.1) is 0 Å². The number of urea groups is 1. The molecule has 23 heavy (non-hydrogen) atoms. The molecule has 3 amide bonds. The summed E-state index contributed by atoms with van der Waals surface area (Å²) >= 11 is 0. The van der Waals surface area contributed by atoms with E-state index in [9.17, 15) is 9.59 Å². The van der Waals surface area contributed by atoms with Gasteiger partial charge in [0.1, 0.15) is 11.9 Å². The second kappa shape index (κ2) is 6.36. The minimum Gasteiger partial charge on any atom is -0.487 e. The van der Waals surface area contributed by atoms with Gasteiger partial charge in [0.25, 0.3) is 0 Å². The molecule has 0 radical (unpaired) electrons. The average Bonchev–Trinajstić information content (AvgIpc) is 3.00. The maximum absolute atomic E-state index is 12.4. The van der Waals surface area contributed by atoms with Gasteiger partial charge in [-0.1, -0.05) is 18.2 Å².